The molecule has 1 unspecified atom stereocenters. The number of aryl methyl sites for hydroxylation is 1. The van der Waals surface area contributed by atoms with Crippen LogP contribution in [-0.4, -0.2) is 60.9 Å². The quantitative estimate of drug-likeness (QED) is 0.0462. The highest BCUT2D eigenvalue weighted by atomic mass is 32.2. The van der Waals surface area contributed by atoms with E-state index < -0.39 is 15.9 Å². The van der Waals surface area contributed by atoms with Crippen molar-refractivity contribution in [2.24, 2.45) is 0 Å². The van der Waals surface area contributed by atoms with E-state index in [4.69, 9.17) is 9.47 Å². The Kier molecular flexibility index (Phi) is 14.6. The molecule has 1 N–H and O–H groups in total. The van der Waals surface area contributed by atoms with Gasteiger partial charge in [0.05, 0.1) is 41.9 Å². The summed E-state index contributed by atoms with van der Waals surface area (Å²) in [5.74, 6) is -0.497. The Balaban J connectivity index is 1.42. The zero-order valence-corrected chi connectivity index (χ0v) is 38.0. The minimum atomic E-state index is -4.23. The Labute approximate surface area is 374 Å². The Morgan fingerprint density at radius 3 is 2.21 bits per heavy atom. The van der Waals surface area contributed by atoms with E-state index in [1.807, 2.05) is 26.1 Å². The SMILES string of the molecule is CCO/C=C/N(c1ccc(/C(=C2C(C3=CCCC=C3)=[N+](/C=C/CS(=O)(=O)O)c3ccccc3\2)c2ccc(N(CCOCC)Cc3ccc(C)cc3)cc2)cc1)C1(C)C=CC(C)=CC1. The van der Waals surface area contributed by atoms with E-state index in [-0.39, 0.29) is 5.54 Å². The van der Waals surface area contributed by atoms with E-state index in [0.717, 1.165) is 88.5 Å². The normalized spacial score (nSPS) is 18.2. The molecule has 4 aromatic rings. The van der Waals surface area contributed by atoms with Gasteiger partial charge in [0, 0.05) is 54.5 Å². The van der Waals surface area contributed by atoms with Crippen LogP contribution >= 0.6 is 0 Å². The van der Waals surface area contributed by atoms with Gasteiger partial charge in [-0.3, -0.25) is 4.55 Å². The Morgan fingerprint density at radius 1 is 0.857 bits per heavy atom. The summed E-state index contributed by atoms with van der Waals surface area (Å²) in [7, 11) is -4.23. The Morgan fingerprint density at radius 2 is 1.57 bits per heavy atom. The second-order valence-electron chi connectivity index (χ2n) is 16.4. The number of nitrogens with zero attached hydrogens (tertiary/aromatic N) is 3. The minimum absolute atomic E-state index is 0.307. The number of hydrogen-bond acceptors (Lipinski definition) is 6. The summed E-state index contributed by atoms with van der Waals surface area (Å²) in [5, 5.41) is 0. The molecule has 0 aromatic heterocycles. The summed E-state index contributed by atoms with van der Waals surface area (Å²) in [5.41, 5.74) is 13.6. The van der Waals surface area contributed by atoms with Crippen LogP contribution in [0.25, 0.3) is 11.1 Å². The molecule has 0 radical (unpaired) electrons. The van der Waals surface area contributed by atoms with Crippen LogP contribution < -0.4 is 9.80 Å². The summed E-state index contributed by atoms with van der Waals surface area (Å²) in [6, 6.07) is 34.6. The highest BCUT2D eigenvalue weighted by Crippen LogP contribution is 2.45. The number of anilines is 2. The lowest BCUT2D eigenvalue weighted by Gasteiger charge is -2.39. The number of para-hydroxylation sites is 1. The second-order valence-corrected chi connectivity index (χ2v) is 17.9. The van der Waals surface area contributed by atoms with Crippen LogP contribution in [0.2, 0.25) is 0 Å². The first kappa shape index (κ1) is 45.0. The molecule has 9 heteroatoms. The summed E-state index contributed by atoms with van der Waals surface area (Å²) in [6.07, 6.45) is 23.1. The maximum atomic E-state index is 11.9. The molecule has 0 amide bonds. The van der Waals surface area contributed by atoms with Crippen molar-refractivity contribution in [2.45, 2.75) is 66.0 Å². The molecule has 4 aromatic carbocycles. The lowest BCUT2D eigenvalue weighted by Crippen LogP contribution is -2.42. The monoisotopic (exact) mass is 862 g/mol. The third-order valence-electron chi connectivity index (χ3n) is 11.7. The first-order valence-electron chi connectivity index (χ1n) is 22.0. The summed E-state index contributed by atoms with van der Waals surface area (Å²) in [6.45, 7) is 13.8. The lowest BCUT2D eigenvalue weighted by atomic mass is 9.84. The van der Waals surface area contributed by atoms with E-state index in [2.05, 4.69) is 163 Å². The average Bonchev–Trinajstić information content (AvgIpc) is 3.60. The summed E-state index contributed by atoms with van der Waals surface area (Å²) >= 11 is 0. The highest BCUT2D eigenvalue weighted by molar-refractivity contribution is 7.85. The fourth-order valence-electron chi connectivity index (χ4n) is 8.37. The van der Waals surface area contributed by atoms with E-state index in [9.17, 15) is 13.0 Å². The van der Waals surface area contributed by atoms with Gasteiger partial charge >= 0.3 is 0 Å². The zero-order valence-electron chi connectivity index (χ0n) is 37.2. The number of fused-ring (bicyclic) bond motifs is 1. The van der Waals surface area contributed by atoms with Gasteiger partial charge in [-0.2, -0.15) is 13.0 Å². The van der Waals surface area contributed by atoms with Crippen LogP contribution in [0.3, 0.4) is 0 Å². The summed E-state index contributed by atoms with van der Waals surface area (Å²) in [4.78, 5) is 4.65. The van der Waals surface area contributed by atoms with Gasteiger partial charge < -0.3 is 19.3 Å². The molecular formula is C54H60N3O5S+. The van der Waals surface area contributed by atoms with Crippen molar-refractivity contribution >= 4 is 44.0 Å². The fourth-order valence-corrected chi connectivity index (χ4v) is 8.70. The number of rotatable bonds is 18. The molecule has 7 rings (SSSR count). The van der Waals surface area contributed by atoms with Gasteiger partial charge in [0.2, 0.25) is 11.4 Å². The van der Waals surface area contributed by atoms with Gasteiger partial charge in [-0.15, -0.1) is 0 Å². The van der Waals surface area contributed by atoms with Crippen LogP contribution in [0.15, 0.2) is 169 Å². The van der Waals surface area contributed by atoms with E-state index in [1.165, 1.54) is 22.8 Å². The maximum absolute atomic E-state index is 11.9. The number of hydrogen-bond donors (Lipinski definition) is 1. The number of allylic oxidation sites excluding steroid dienone is 7. The van der Waals surface area contributed by atoms with E-state index in [0.29, 0.717) is 19.8 Å². The van der Waals surface area contributed by atoms with E-state index >= 15 is 0 Å². The van der Waals surface area contributed by atoms with Gasteiger partial charge in [0.1, 0.15) is 0 Å². The number of ether oxygens (including phenoxy) is 2. The third-order valence-corrected chi connectivity index (χ3v) is 12.3. The molecule has 2 aliphatic carbocycles. The highest BCUT2D eigenvalue weighted by Gasteiger charge is 2.38. The molecule has 1 atom stereocenters. The topological polar surface area (TPSA) is 82.3 Å². The van der Waals surface area contributed by atoms with Crippen molar-refractivity contribution in [1.29, 1.82) is 0 Å². The molecule has 63 heavy (non-hydrogen) atoms. The molecule has 1 aliphatic heterocycles. The smallest absolute Gasteiger partial charge is 0.268 e. The Hall–Kier alpha value is -6.00. The first-order chi connectivity index (χ1) is 30.5. The van der Waals surface area contributed by atoms with Crippen molar-refractivity contribution in [1.82, 2.24) is 0 Å². The predicted molar refractivity (Wildman–Crippen MR) is 260 cm³/mol. The van der Waals surface area contributed by atoms with Crippen LogP contribution in [0.4, 0.5) is 17.1 Å². The second kappa shape index (κ2) is 20.5. The molecule has 0 saturated heterocycles. The van der Waals surface area contributed by atoms with Gasteiger partial charge in [-0.1, -0.05) is 108 Å². The summed E-state index contributed by atoms with van der Waals surface area (Å²) < 4.78 is 47.3. The first-order valence-corrected chi connectivity index (χ1v) is 23.6. The molecule has 326 valence electrons. The van der Waals surface area contributed by atoms with Crippen molar-refractivity contribution < 1.29 is 27.0 Å². The van der Waals surface area contributed by atoms with Gasteiger partial charge in [-0.05, 0) is 107 Å². The molecule has 1 heterocycles. The fraction of sp³-hybridized carbons (Fsp3) is 0.278. The molecular weight excluding hydrogens is 803 g/mol. The molecule has 3 aliphatic rings. The lowest BCUT2D eigenvalue weighted by molar-refractivity contribution is -0.355. The predicted octanol–water partition coefficient (Wildman–Crippen LogP) is 11.8. The van der Waals surface area contributed by atoms with Gasteiger partial charge in [-0.25, -0.2) is 0 Å². The van der Waals surface area contributed by atoms with Crippen molar-refractivity contribution in [2.75, 3.05) is 41.9 Å². The van der Waals surface area contributed by atoms with Crippen LogP contribution in [0, 0.1) is 6.92 Å². The van der Waals surface area contributed by atoms with Crippen molar-refractivity contribution in [3.63, 3.8) is 0 Å². The maximum Gasteiger partial charge on any atom is 0.268 e. The molecule has 8 nitrogen and oxygen atoms in total. The van der Waals surface area contributed by atoms with Gasteiger partial charge in [0.25, 0.3) is 10.1 Å². The van der Waals surface area contributed by atoms with Crippen LogP contribution in [0.1, 0.15) is 74.8 Å². The van der Waals surface area contributed by atoms with Crippen molar-refractivity contribution in [3.05, 3.63) is 197 Å². The molecule has 0 fully saturated rings. The van der Waals surface area contributed by atoms with Crippen LogP contribution in [0.5, 0.6) is 0 Å². The molecule has 0 bridgehead atoms. The standard InChI is InChI=1S/C54H59N3O5S/c1-6-61-37-35-55(40-43-20-18-41(3)19-21-43)47-26-22-44(23-27-47)51(45-24-28-48(29-25-45)57(36-38-62-7-2)54(5)32-30-42(4)31-33-54)52-49-16-11-12-17-50(49)56(34-13-39-63(58,59)60)53(52)46-14-9-8-10-15-46/h9,11-32,34,36,38H,6-8,10,33,35,37,39-40H2,1-5H3/p+1/b34-13+,38-36+. The molecule has 0 saturated carbocycles. The van der Waals surface area contributed by atoms with Gasteiger partial charge in [0.15, 0.2) is 6.20 Å². The third kappa shape index (κ3) is 11.0. The largest absolute Gasteiger partial charge is 0.500 e. The number of benzene rings is 4. The van der Waals surface area contributed by atoms with E-state index in [1.54, 1.807) is 12.5 Å². The minimum Gasteiger partial charge on any atom is -0.500 e. The average molecular weight is 863 g/mol. The molecule has 0 spiro atoms. The van der Waals surface area contributed by atoms with Crippen LogP contribution in [-0.2, 0) is 26.1 Å². The van der Waals surface area contributed by atoms with Crippen molar-refractivity contribution in [3.8, 4) is 0 Å². The zero-order chi connectivity index (χ0) is 44.4. The Bertz CT molecular complexity index is 2610.